The van der Waals surface area contributed by atoms with Crippen LogP contribution in [0.25, 0.3) is 21.7 Å². The Hall–Kier alpha value is -6.24. The van der Waals surface area contributed by atoms with Gasteiger partial charge < -0.3 is 46.2 Å². The first-order chi connectivity index (χ1) is 35.1. The van der Waals surface area contributed by atoms with Gasteiger partial charge in [0, 0.05) is 74.6 Å². The van der Waals surface area contributed by atoms with Gasteiger partial charge in [-0.3, -0.25) is 14.4 Å². The number of nitrogen functional groups attached to an aromatic ring is 1. The lowest BCUT2D eigenvalue weighted by Crippen LogP contribution is -2.59. The number of nitrogens with one attached hydrogen (secondary N) is 2. The van der Waals surface area contributed by atoms with Crippen molar-refractivity contribution in [3.05, 3.63) is 89.3 Å². The molecule has 2 aromatic carbocycles. The number of anilines is 3. The van der Waals surface area contributed by atoms with Gasteiger partial charge >= 0.3 is 0 Å². The highest BCUT2D eigenvalue weighted by molar-refractivity contribution is 7.13. The number of amides is 3. The van der Waals surface area contributed by atoms with Gasteiger partial charge in [0.2, 0.25) is 23.7 Å². The van der Waals surface area contributed by atoms with Crippen molar-refractivity contribution >= 4 is 46.5 Å². The van der Waals surface area contributed by atoms with Crippen LogP contribution >= 0.6 is 11.3 Å². The maximum absolute atomic E-state index is 14.5. The summed E-state index contributed by atoms with van der Waals surface area (Å²) in [6.07, 6.45) is 7.93. The highest BCUT2D eigenvalue weighted by Gasteiger charge is 2.47. The second-order valence-electron chi connectivity index (χ2n) is 23.7. The van der Waals surface area contributed by atoms with E-state index < -0.39 is 29.0 Å². The number of piperazine rings is 1. The number of rotatable bonds is 15. The molecule has 394 valence electrons. The van der Waals surface area contributed by atoms with Crippen molar-refractivity contribution in [3.63, 3.8) is 0 Å². The average molecular weight is 1030 g/mol. The first kappa shape index (κ1) is 52.6. The Morgan fingerprint density at radius 1 is 0.878 bits per heavy atom. The molecular formula is C56H74N12O5S. The molecule has 18 heteroatoms. The van der Waals surface area contributed by atoms with Crippen LogP contribution in [0.5, 0.6) is 5.75 Å². The van der Waals surface area contributed by atoms with Gasteiger partial charge in [0.15, 0.2) is 5.82 Å². The largest absolute Gasteiger partial charge is 0.507 e. The molecule has 0 aliphatic carbocycles. The molecule has 2 bridgehead atoms. The number of thiazole rings is 1. The van der Waals surface area contributed by atoms with Crippen LogP contribution in [0.15, 0.2) is 72.5 Å². The number of aromatic hydroxyl groups is 1. The number of likely N-dealkylation sites (tertiary alicyclic amines) is 2. The maximum Gasteiger partial charge on any atom is 0.246 e. The zero-order chi connectivity index (χ0) is 52.7. The Bertz CT molecular complexity index is 2790. The number of carbonyl (C=O) groups excluding carboxylic acids is 3. The van der Waals surface area contributed by atoms with Crippen LogP contribution in [0.3, 0.4) is 0 Å². The lowest BCUT2D eigenvalue weighted by molar-refractivity contribution is -0.145. The van der Waals surface area contributed by atoms with Gasteiger partial charge in [-0.1, -0.05) is 84.9 Å². The van der Waals surface area contributed by atoms with Crippen LogP contribution in [-0.4, -0.2) is 132 Å². The summed E-state index contributed by atoms with van der Waals surface area (Å²) in [5, 5.41) is 35.9. The van der Waals surface area contributed by atoms with Crippen molar-refractivity contribution in [3.8, 4) is 27.4 Å². The standard InChI is InChI=1S/C56H74N12O5S/c1-34-47(74-33-61-34)37-15-13-35(14-16-37)25-58-50(71)45-23-41(69)30-67(45)51(72)48(54(2,3)4)62-52(73)56(7,8)31-55(5,6)32-65-21-19-36(20-22-65)38-26-59-53(60-27-38)68-39-17-18-40(68)29-66(28-39)44-24-43(63-64-49(44)57)42-11-9-10-12-46(42)70/h9-16,24,26-27,33,36,39-41,45,48,69-70H,17-23,25,28-32H2,1-8H3,(H2,57,64)(H,58,71)(H,62,73)/t39?,40?,41-,45+,48-/m1/s1. The Morgan fingerprint density at radius 2 is 1.55 bits per heavy atom. The summed E-state index contributed by atoms with van der Waals surface area (Å²) in [4.78, 5) is 66.5. The quantitative estimate of drug-likeness (QED) is 0.0718. The Kier molecular flexibility index (Phi) is 15.1. The third kappa shape index (κ3) is 11.5. The van der Waals surface area contributed by atoms with Gasteiger partial charge in [0.05, 0.1) is 33.6 Å². The van der Waals surface area contributed by atoms with E-state index in [1.54, 1.807) is 23.5 Å². The molecule has 5 aromatic rings. The Morgan fingerprint density at radius 3 is 2.19 bits per heavy atom. The summed E-state index contributed by atoms with van der Waals surface area (Å²) in [6.45, 7) is 20.5. The second-order valence-corrected chi connectivity index (χ2v) is 24.5. The molecule has 7 heterocycles. The van der Waals surface area contributed by atoms with Crippen LogP contribution in [0, 0.1) is 23.2 Å². The summed E-state index contributed by atoms with van der Waals surface area (Å²) >= 11 is 1.59. The first-order valence-corrected chi connectivity index (χ1v) is 27.1. The van der Waals surface area contributed by atoms with Crippen LogP contribution in [-0.2, 0) is 20.9 Å². The number of benzene rings is 2. The lowest BCUT2D eigenvalue weighted by atomic mass is 9.73. The van der Waals surface area contributed by atoms with E-state index in [2.05, 4.69) is 54.4 Å². The van der Waals surface area contributed by atoms with E-state index in [9.17, 15) is 24.6 Å². The van der Waals surface area contributed by atoms with Crippen molar-refractivity contribution in [2.24, 2.45) is 16.2 Å². The fourth-order valence-corrected chi connectivity index (χ4v) is 12.8. The zero-order valence-electron chi connectivity index (χ0n) is 44.2. The number of phenolic OH excluding ortho intramolecular Hbond substituents is 1. The summed E-state index contributed by atoms with van der Waals surface area (Å²) in [7, 11) is 0. The molecule has 74 heavy (non-hydrogen) atoms. The Balaban J connectivity index is 0.756. The monoisotopic (exact) mass is 1030 g/mol. The number of hydrogen-bond acceptors (Lipinski definition) is 15. The topological polar surface area (TPSA) is 219 Å². The Labute approximate surface area is 439 Å². The maximum atomic E-state index is 14.5. The molecule has 3 aromatic heterocycles. The molecule has 6 N–H and O–H groups in total. The fourth-order valence-electron chi connectivity index (χ4n) is 12.0. The van der Waals surface area contributed by atoms with E-state index in [1.165, 1.54) is 4.90 Å². The minimum absolute atomic E-state index is 0.0147. The molecule has 3 amide bonds. The number of β-amino-alcohol motifs (C(OH)–C–C–N with tert-alkyl or cyclic N) is 1. The number of aliphatic hydroxyl groups excluding tert-OH is 1. The number of para-hydroxylation sites is 1. The molecule has 4 aliphatic heterocycles. The van der Waals surface area contributed by atoms with Crippen molar-refractivity contribution in [1.82, 2.24) is 45.6 Å². The van der Waals surface area contributed by atoms with Crippen LogP contribution in [0.2, 0.25) is 0 Å². The summed E-state index contributed by atoms with van der Waals surface area (Å²) < 4.78 is 0. The minimum atomic E-state index is -0.917. The lowest BCUT2D eigenvalue weighted by Gasteiger charge is -2.42. The van der Waals surface area contributed by atoms with Crippen molar-refractivity contribution in [1.29, 1.82) is 0 Å². The number of nitrogens with two attached hydrogens (primary N) is 1. The second kappa shape index (κ2) is 21.2. The molecule has 17 nitrogen and oxygen atoms in total. The molecule has 4 aliphatic rings. The molecule has 9 rings (SSSR count). The van der Waals surface area contributed by atoms with Crippen LogP contribution in [0.4, 0.5) is 17.5 Å². The first-order valence-electron chi connectivity index (χ1n) is 26.2. The van der Waals surface area contributed by atoms with Gasteiger partial charge in [-0.2, -0.15) is 0 Å². The molecule has 0 radical (unpaired) electrons. The smallest absolute Gasteiger partial charge is 0.246 e. The number of piperidine rings is 1. The van der Waals surface area contributed by atoms with Crippen molar-refractivity contribution < 1.29 is 24.6 Å². The van der Waals surface area contributed by atoms with Gasteiger partial charge in [0.1, 0.15) is 17.8 Å². The van der Waals surface area contributed by atoms with E-state index in [4.69, 9.17) is 15.7 Å². The highest BCUT2D eigenvalue weighted by Crippen LogP contribution is 2.40. The van der Waals surface area contributed by atoms with Crippen LogP contribution < -0.4 is 26.2 Å². The third-order valence-electron chi connectivity index (χ3n) is 15.6. The predicted molar refractivity (Wildman–Crippen MR) is 289 cm³/mol. The average Bonchev–Trinajstić information content (AvgIpc) is 4.05. The van der Waals surface area contributed by atoms with E-state index >= 15 is 0 Å². The normalized spacial score (nSPS) is 21.2. The summed E-state index contributed by atoms with van der Waals surface area (Å²) in [6, 6.07) is 15.7. The minimum Gasteiger partial charge on any atom is -0.507 e. The SMILES string of the molecule is Cc1ncsc1-c1ccc(CNC(=O)[C@@H]2C[C@@H](O)CN2C(=O)[C@@H](NC(=O)C(C)(C)CC(C)(C)CN2CCC(c3cnc(N4C5CCC4CN(c4cc(-c6ccccc6O)nnc4N)C5)nc3)CC2)C(C)(C)C)cc1. The zero-order valence-corrected chi connectivity index (χ0v) is 45.0. The van der Waals surface area contributed by atoms with Crippen molar-refractivity contribution in [2.75, 3.05) is 54.8 Å². The van der Waals surface area contributed by atoms with Gasteiger partial charge in [-0.25, -0.2) is 15.0 Å². The molecule has 4 saturated heterocycles. The molecule has 0 saturated carbocycles. The molecule has 2 unspecified atom stereocenters. The van der Waals surface area contributed by atoms with Gasteiger partial charge in [-0.15, -0.1) is 21.5 Å². The van der Waals surface area contributed by atoms with Crippen LogP contribution in [0.1, 0.15) is 110 Å². The highest BCUT2D eigenvalue weighted by atomic mass is 32.1. The predicted octanol–water partition coefficient (Wildman–Crippen LogP) is 6.94. The number of aryl methyl sites for hydroxylation is 1. The fraction of sp³-hybridized carbons (Fsp3) is 0.536. The number of hydrogen-bond donors (Lipinski definition) is 5. The molecular weight excluding hydrogens is 953 g/mol. The number of phenols is 1. The number of nitrogens with zero attached hydrogens (tertiary/aromatic N) is 9. The van der Waals surface area contributed by atoms with E-state index in [1.807, 2.05) is 102 Å². The summed E-state index contributed by atoms with van der Waals surface area (Å²) in [5.41, 5.74) is 12.6. The molecule has 5 atom stereocenters. The van der Waals surface area contributed by atoms with E-state index in [0.717, 1.165) is 97.3 Å². The number of aliphatic hydroxyl groups is 1. The van der Waals surface area contributed by atoms with E-state index in [-0.39, 0.29) is 60.5 Å². The number of fused-ring (bicyclic) bond motifs is 2. The molecule has 0 spiro atoms. The van der Waals surface area contributed by atoms with E-state index in [0.29, 0.717) is 29.4 Å². The number of aromatic nitrogens is 5. The summed E-state index contributed by atoms with van der Waals surface area (Å²) in [5.74, 6) is 0.708. The number of carbonyl (C=O) groups is 3. The van der Waals surface area contributed by atoms with Crippen molar-refractivity contribution in [2.45, 2.75) is 137 Å². The molecule has 4 fully saturated rings. The third-order valence-corrected chi connectivity index (χ3v) is 16.6. The van der Waals surface area contributed by atoms with Gasteiger partial charge in [0.25, 0.3) is 0 Å². The van der Waals surface area contributed by atoms with Gasteiger partial charge in [-0.05, 0) is 104 Å².